The van der Waals surface area contributed by atoms with Crippen LogP contribution in [0, 0.1) is 0 Å². The van der Waals surface area contributed by atoms with Gasteiger partial charge in [-0.15, -0.1) is 0 Å². The number of pyridine rings is 1. The van der Waals surface area contributed by atoms with E-state index in [0.717, 1.165) is 55.1 Å². The van der Waals surface area contributed by atoms with Crippen molar-refractivity contribution in [3.63, 3.8) is 0 Å². The fourth-order valence-electron chi connectivity index (χ4n) is 3.47. The van der Waals surface area contributed by atoms with E-state index in [0.29, 0.717) is 11.1 Å². The van der Waals surface area contributed by atoms with Crippen molar-refractivity contribution in [1.82, 2.24) is 15.0 Å². The van der Waals surface area contributed by atoms with Crippen molar-refractivity contribution in [3.05, 3.63) is 18.0 Å². The molecule has 0 amide bonds. The first-order chi connectivity index (χ1) is 11.7. The largest absolute Gasteiger partial charge is 0.381 e. The second kappa shape index (κ2) is 6.72. The van der Waals surface area contributed by atoms with Crippen LogP contribution in [0.2, 0.25) is 0 Å². The molecule has 0 aromatic carbocycles. The summed E-state index contributed by atoms with van der Waals surface area (Å²) < 4.78 is 17.3. The average molecular weight is 346 g/mol. The van der Waals surface area contributed by atoms with Gasteiger partial charge in [0.2, 0.25) is 5.16 Å². The van der Waals surface area contributed by atoms with E-state index in [9.17, 15) is 4.21 Å². The van der Waals surface area contributed by atoms with Crippen LogP contribution in [-0.4, -0.2) is 51.7 Å². The minimum atomic E-state index is -1.19. The summed E-state index contributed by atoms with van der Waals surface area (Å²) in [5.41, 5.74) is 1.88. The first-order valence-corrected chi connectivity index (χ1v) is 10.1. The Bertz CT molecular complexity index is 771. The standard InChI is InChI=1S/C17H22N4O2S/c1-24(22)17-18-10-13-9-14(12-5-8-23-11-12)19-16(15(13)20-17)21-6-3-2-4-7-21/h9-10,12H,2-8,11H2,1H3. The zero-order valence-electron chi connectivity index (χ0n) is 13.9. The Kier molecular flexibility index (Phi) is 4.45. The van der Waals surface area contributed by atoms with Gasteiger partial charge in [0.15, 0.2) is 5.82 Å². The van der Waals surface area contributed by atoms with Crippen molar-refractivity contribution in [2.24, 2.45) is 0 Å². The molecule has 128 valence electrons. The lowest BCUT2D eigenvalue weighted by Crippen LogP contribution is -2.31. The normalized spacial score (nSPS) is 22.9. The lowest BCUT2D eigenvalue weighted by molar-refractivity contribution is 0.193. The van der Waals surface area contributed by atoms with E-state index in [1.807, 2.05) is 0 Å². The highest BCUT2D eigenvalue weighted by Gasteiger charge is 2.24. The van der Waals surface area contributed by atoms with Gasteiger partial charge < -0.3 is 9.64 Å². The molecule has 4 rings (SSSR count). The lowest BCUT2D eigenvalue weighted by atomic mass is 10.0. The molecule has 7 heteroatoms. The van der Waals surface area contributed by atoms with E-state index < -0.39 is 10.8 Å². The highest BCUT2D eigenvalue weighted by atomic mass is 32.2. The van der Waals surface area contributed by atoms with Gasteiger partial charge in [-0.05, 0) is 31.7 Å². The Morgan fingerprint density at radius 2 is 2.08 bits per heavy atom. The van der Waals surface area contributed by atoms with Crippen LogP contribution in [-0.2, 0) is 15.5 Å². The first kappa shape index (κ1) is 15.9. The molecule has 0 spiro atoms. The molecule has 2 aromatic rings. The summed E-state index contributed by atoms with van der Waals surface area (Å²) in [6.45, 7) is 3.53. The van der Waals surface area contributed by atoms with Gasteiger partial charge in [-0.3, -0.25) is 4.21 Å². The van der Waals surface area contributed by atoms with Crippen LogP contribution < -0.4 is 4.90 Å². The first-order valence-electron chi connectivity index (χ1n) is 8.56. The number of fused-ring (bicyclic) bond motifs is 1. The smallest absolute Gasteiger partial charge is 0.218 e. The van der Waals surface area contributed by atoms with Gasteiger partial charge in [-0.25, -0.2) is 15.0 Å². The van der Waals surface area contributed by atoms with Crippen molar-refractivity contribution in [1.29, 1.82) is 0 Å². The van der Waals surface area contributed by atoms with E-state index in [2.05, 4.69) is 20.9 Å². The third-order valence-electron chi connectivity index (χ3n) is 4.81. The summed E-state index contributed by atoms with van der Waals surface area (Å²) in [5.74, 6) is 1.26. The molecular formula is C17H22N4O2S. The van der Waals surface area contributed by atoms with Crippen LogP contribution in [0.1, 0.15) is 37.3 Å². The zero-order valence-corrected chi connectivity index (χ0v) is 14.7. The van der Waals surface area contributed by atoms with E-state index in [1.165, 1.54) is 19.3 Å². The average Bonchev–Trinajstić information content (AvgIpc) is 3.15. The molecular weight excluding hydrogens is 324 g/mol. The summed E-state index contributed by atoms with van der Waals surface area (Å²) in [7, 11) is -1.19. The molecule has 2 unspecified atom stereocenters. The molecule has 2 saturated heterocycles. The summed E-state index contributed by atoms with van der Waals surface area (Å²) in [4.78, 5) is 16.1. The molecule has 0 aliphatic carbocycles. The minimum Gasteiger partial charge on any atom is -0.381 e. The van der Waals surface area contributed by atoms with Crippen LogP contribution in [0.4, 0.5) is 5.82 Å². The second-order valence-electron chi connectivity index (χ2n) is 6.52. The van der Waals surface area contributed by atoms with Crippen molar-refractivity contribution < 1.29 is 8.95 Å². The van der Waals surface area contributed by atoms with Crippen LogP contribution in [0.3, 0.4) is 0 Å². The Hall–Kier alpha value is -1.60. The van der Waals surface area contributed by atoms with E-state index in [-0.39, 0.29) is 0 Å². The molecule has 0 N–H and O–H groups in total. The number of aromatic nitrogens is 3. The lowest BCUT2D eigenvalue weighted by Gasteiger charge is -2.29. The van der Waals surface area contributed by atoms with Gasteiger partial charge in [0.1, 0.15) is 5.52 Å². The Balaban J connectivity index is 1.85. The van der Waals surface area contributed by atoms with E-state index in [1.54, 1.807) is 12.5 Å². The maximum absolute atomic E-state index is 11.8. The molecule has 2 fully saturated rings. The van der Waals surface area contributed by atoms with Gasteiger partial charge in [-0.2, -0.15) is 0 Å². The molecule has 2 atom stereocenters. The number of nitrogens with zero attached hydrogens (tertiary/aromatic N) is 4. The van der Waals surface area contributed by atoms with Gasteiger partial charge in [-0.1, -0.05) is 0 Å². The Labute approximate surface area is 144 Å². The summed E-state index contributed by atoms with van der Waals surface area (Å²) in [6.07, 6.45) is 8.03. The second-order valence-corrected chi connectivity index (χ2v) is 7.80. The minimum absolute atomic E-state index is 0.345. The number of anilines is 1. The molecule has 2 aliphatic heterocycles. The number of rotatable bonds is 3. The number of ether oxygens (including phenoxy) is 1. The SMILES string of the molecule is CS(=O)c1ncc2cc(C3CCOC3)nc(N3CCCCC3)c2n1. The molecule has 2 aliphatic rings. The number of hydrogen-bond acceptors (Lipinski definition) is 6. The van der Waals surface area contributed by atoms with Gasteiger partial charge >= 0.3 is 0 Å². The molecule has 0 saturated carbocycles. The monoisotopic (exact) mass is 346 g/mol. The predicted octanol–water partition coefficient (Wildman–Crippen LogP) is 2.26. The fourth-order valence-corrected chi connectivity index (χ4v) is 3.89. The van der Waals surface area contributed by atoms with E-state index in [4.69, 9.17) is 9.72 Å². The van der Waals surface area contributed by atoms with Crippen LogP contribution >= 0.6 is 0 Å². The molecule has 24 heavy (non-hydrogen) atoms. The third-order valence-corrected chi connectivity index (χ3v) is 5.52. The topological polar surface area (TPSA) is 68.2 Å². The Morgan fingerprint density at radius 1 is 1.25 bits per heavy atom. The Morgan fingerprint density at radius 3 is 2.79 bits per heavy atom. The van der Waals surface area contributed by atoms with Crippen molar-refractivity contribution in [2.45, 2.75) is 36.8 Å². The van der Waals surface area contributed by atoms with Crippen LogP contribution in [0.5, 0.6) is 0 Å². The quantitative estimate of drug-likeness (QED) is 0.794. The van der Waals surface area contributed by atoms with Crippen LogP contribution in [0.15, 0.2) is 17.4 Å². The third kappa shape index (κ3) is 3.02. The molecule has 2 aromatic heterocycles. The molecule has 0 radical (unpaired) electrons. The molecule has 6 nitrogen and oxygen atoms in total. The highest BCUT2D eigenvalue weighted by molar-refractivity contribution is 7.84. The molecule has 0 bridgehead atoms. The highest BCUT2D eigenvalue weighted by Crippen LogP contribution is 2.31. The summed E-state index contributed by atoms with van der Waals surface area (Å²) in [5, 5.41) is 1.35. The van der Waals surface area contributed by atoms with E-state index >= 15 is 0 Å². The maximum Gasteiger partial charge on any atom is 0.218 e. The van der Waals surface area contributed by atoms with Crippen molar-refractivity contribution in [2.75, 3.05) is 37.5 Å². The number of hydrogen-bond donors (Lipinski definition) is 0. The van der Waals surface area contributed by atoms with Gasteiger partial charge in [0, 0.05) is 49.1 Å². The van der Waals surface area contributed by atoms with Crippen molar-refractivity contribution >= 4 is 27.5 Å². The zero-order chi connectivity index (χ0) is 16.5. The number of piperidine rings is 1. The van der Waals surface area contributed by atoms with Crippen LogP contribution in [0.25, 0.3) is 10.9 Å². The fraction of sp³-hybridized carbons (Fsp3) is 0.588. The van der Waals surface area contributed by atoms with Gasteiger partial charge in [0.05, 0.1) is 17.4 Å². The maximum atomic E-state index is 11.8. The summed E-state index contributed by atoms with van der Waals surface area (Å²) in [6, 6.07) is 2.07. The van der Waals surface area contributed by atoms with Gasteiger partial charge in [0.25, 0.3) is 0 Å². The van der Waals surface area contributed by atoms with Crippen molar-refractivity contribution in [3.8, 4) is 0 Å². The summed E-state index contributed by atoms with van der Waals surface area (Å²) >= 11 is 0. The molecule has 4 heterocycles. The predicted molar refractivity (Wildman–Crippen MR) is 93.9 cm³/mol.